The van der Waals surface area contributed by atoms with Gasteiger partial charge < -0.3 is 11.1 Å². The van der Waals surface area contributed by atoms with Crippen LogP contribution in [0.3, 0.4) is 0 Å². The Balaban J connectivity index is 1.82. The lowest BCUT2D eigenvalue weighted by molar-refractivity contribution is 1.01. The van der Waals surface area contributed by atoms with Crippen molar-refractivity contribution in [3.8, 4) is 0 Å². The number of hydrogen-bond acceptors (Lipinski definition) is 3. The summed E-state index contributed by atoms with van der Waals surface area (Å²) >= 11 is 0. The number of rotatable bonds is 4. The highest BCUT2D eigenvalue weighted by molar-refractivity contribution is 6.01. The van der Waals surface area contributed by atoms with E-state index in [0.29, 0.717) is 0 Å². The van der Waals surface area contributed by atoms with E-state index >= 15 is 0 Å². The van der Waals surface area contributed by atoms with E-state index in [1.165, 1.54) is 5.56 Å². The van der Waals surface area contributed by atoms with Gasteiger partial charge in [0, 0.05) is 29.2 Å². The first-order valence-corrected chi connectivity index (χ1v) is 7.17. The van der Waals surface area contributed by atoms with E-state index in [0.717, 1.165) is 40.8 Å². The van der Waals surface area contributed by atoms with Gasteiger partial charge in [0.15, 0.2) is 0 Å². The highest BCUT2D eigenvalue weighted by atomic mass is 15.0. The van der Waals surface area contributed by atoms with Crippen molar-refractivity contribution in [3.63, 3.8) is 0 Å². The van der Waals surface area contributed by atoms with Crippen LogP contribution in [0, 0.1) is 6.92 Å². The Bertz CT molecular complexity index is 743. The zero-order valence-corrected chi connectivity index (χ0v) is 12.1. The summed E-state index contributed by atoms with van der Waals surface area (Å²) in [5, 5.41) is 5.60. The van der Waals surface area contributed by atoms with Gasteiger partial charge in [-0.2, -0.15) is 0 Å². The molecule has 3 rings (SSSR count). The van der Waals surface area contributed by atoms with E-state index in [2.05, 4.69) is 40.6 Å². The van der Waals surface area contributed by atoms with Crippen molar-refractivity contribution in [2.45, 2.75) is 13.3 Å². The molecule has 106 valence electrons. The summed E-state index contributed by atoms with van der Waals surface area (Å²) < 4.78 is 0. The second-order valence-corrected chi connectivity index (χ2v) is 5.22. The van der Waals surface area contributed by atoms with Crippen molar-refractivity contribution in [1.29, 1.82) is 0 Å². The fourth-order valence-corrected chi connectivity index (χ4v) is 2.61. The molecule has 0 radical (unpaired) electrons. The van der Waals surface area contributed by atoms with E-state index < -0.39 is 0 Å². The lowest BCUT2D eigenvalue weighted by Gasteiger charge is -2.12. The third-order valence-electron chi connectivity index (χ3n) is 3.68. The number of fused-ring (bicyclic) bond motifs is 1. The van der Waals surface area contributed by atoms with Crippen LogP contribution in [-0.4, -0.2) is 11.5 Å². The van der Waals surface area contributed by atoms with Crippen LogP contribution in [0.2, 0.25) is 0 Å². The third kappa shape index (κ3) is 2.82. The Hall–Kier alpha value is -2.55. The smallest absolute Gasteiger partial charge is 0.133 e. The minimum absolute atomic E-state index is 0.804. The number of nitrogens with two attached hydrogens (primary N) is 1. The molecule has 0 saturated heterocycles. The summed E-state index contributed by atoms with van der Waals surface area (Å²) in [4.78, 5) is 4.51. The number of aromatic nitrogens is 1. The van der Waals surface area contributed by atoms with E-state index in [1.54, 1.807) is 0 Å². The average Bonchev–Trinajstić information content (AvgIpc) is 2.51. The summed E-state index contributed by atoms with van der Waals surface area (Å²) in [7, 11) is 0. The largest absolute Gasteiger partial charge is 0.398 e. The molecule has 3 heteroatoms. The molecule has 0 atom stereocenters. The van der Waals surface area contributed by atoms with E-state index in [9.17, 15) is 0 Å². The Morgan fingerprint density at radius 3 is 2.67 bits per heavy atom. The van der Waals surface area contributed by atoms with E-state index in [-0.39, 0.29) is 0 Å². The molecular formula is C18H19N3. The van der Waals surface area contributed by atoms with Crippen LogP contribution in [0.1, 0.15) is 11.1 Å². The predicted octanol–water partition coefficient (Wildman–Crippen LogP) is 3.78. The summed E-state index contributed by atoms with van der Waals surface area (Å²) in [5.41, 5.74) is 9.32. The van der Waals surface area contributed by atoms with Crippen molar-refractivity contribution < 1.29 is 0 Å². The summed E-state index contributed by atoms with van der Waals surface area (Å²) in [6.07, 6.45) is 2.85. The zero-order chi connectivity index (χ0) is 14.7. The lowest BCUT2D eigenvalue weighted by atomic mass is 10.1. The molecule has 0 aliphatic carbocycles. The predicted molar refractivity (Wildman–Crippen MR) is 89.5 cm³/mol. The van der Waals surface area contributed by atoms with Gasteiger partial charge in [-0.3, -0.25) is 0 Å². The zero-order valence-electron chi connectivity index (χ0n) is 12.1. The number of nitrogens with zero attached hydrogens (tertiary/aromatic N) is 1. The average molecular weight is 277 g/mol. The maximum absolute atomic E-state index is 6.09. The molecular weight excluding hydrogens is 258 g/mol. The molecule has 0 spiro atoms. The number of aryl methyl sites for hydroxylation is 1. The molecule has 2 aromatic carbocycles. The molecule has 0 aliphatic heterocycles. The number of benzene rings is 2. The van der Waals surface area contributed by atoms with Gasteiger partial charge in [0.25, 0.3) is 0 Å². The third-order valence-corrected chi connectivity index (χ3v) is 3.68. The lowest BCUT2D eigenvalue weighted by Crippen LogP contribution is -2.07. The summed E-state index contributed by atoms with van der Waals surface area (Å²) in [5.74, 6) is 0.902. The van der Waals surface area contributed by atoms with E-state index in [1.807, 2.05) is 31.3 Å². The first-order chi connectivity index (χ1) is 10.3. The van der Waals surface area contributed by atoms with Crippen LogP contribution in [-0.2, 0) is 6.42 Å². The number of pyridine rings is 1. The maximum atomic E-state index is 6.09. The Morgan fingerprint density at radius 2 is 1.86 bits per heavy atom. The van der Waals surface area contributed by atoms with Gasteiger partial charge in [-0.05, 0) is 30.5 Å². The molecule has 3 N–H and O–H groups in total. The highest BCUT2D eigenvalue weighted by Crippen LogP contribution is 2.28. The van der Waals surface area contributed by atoms with Crippen molar-refractivity contribution in [1.82, 2.24) is 4.98 Å². The molecule has 0 bridgehead atoms. The van der Waals surface area contributed by atoms with Crippen LogP contribution >= 0.6 is 0 Å². The van der Waals surface area contributed by atoms with Crippen LogP contribution in [0.25, 0.3) is 10.8 Å². The van der Waals surface area contributed by atoms with Crippen LogP contribution < -0.4 is 11.1 Å². The molecule has 1 heterocycles. The number of hydrogen-bond donors (Lipinski definition) is 2. The first kappa shape index (κ1) is 13.4. The van der Waals surface area contributed by atoms with Crippen molar-refractivity contribution >= 4 is 22.3 Å². The van der Waals surface area contributed by atoms with Gasteiger partial charge in [-0.1, -0.05) is 42.5 Å². The molecule has 21 heavy (non-hydrogen) atoms. The van der Waals surface area contributed by atoms with Gasteiger partial charge in [0.05, 0.1) is 0 Å². The monoisotopic (exact) mass is 277 g/mol. The number of nitrogen functional groups attached to an aromatic ring is 1. The summed E-state index contributed by atoms with van der Waals surface area (Å²) in [6.45, 7) is 2.89. The molecule has 0 saturated carbocycles. The molecule has 3 nitrogen and oxygen atoms in total. The molecule has 0 fully saturated rings. The standard InChI is InChI=1S/C18H19N3/c1-13-12-21-18(15-8-5-9-16(19)17(13)15)20-11-10-14-6-3-2-4-7-14/h2-9,12H,10-11,19H2,1H3,(H,20,21). The quantitative estimate of drug-likeness (QED) is 0.713. The fourth-order valence-electron chi connectivity index (χ4n) is 2.61. The van der Waals surface area contributed by atoms with Gasteiger partial charge >= 0.3 is 0 Å². The highest BCUT2D eigenvalue weighted by Gasteiger charge is 2.07. The van der Waals surface area contributed by atoms with Gasteiger partial charge in [0.2, 0.25) is 0 Å². The van der Waals surface area contributed by atoms with Gasteiger partial charge in [0.1, 0.15) is 5.82 Å². The number of anilines is 2. The van der Waals surface area contributed by atoms with Gasteiger partial charge in [-0.25, -0.2) is 4.98 Å². The van der Waals surface area contributed by atoms with Crippen LogP contribution in [0.4, 0.5) is 11.5 Å². The molecule has 3 aromatic rings. The summed E-state index contributed by atoms with van der Waals surface area (Å²) in [6, 6.07) is 16.4. The van der Waals surface area contributed by atoms with E-state index in [4.69, 9.17) is 5.73 Å². The molecule has 0 aliphatic rings. The minimum atomic E-state index is 0.804. The maximum Gasteiger partial charge on any atom is 0.133 e. The van der Waals surface area contributed by atoms with Crippen molar-refractivity contribution in [3.05, 3.63) is 65.9 Å². The second kappa shape index (κ2) is 5.83. The van der Waals surface area contributed by atoms with Crippen LogP contribution in [0.15, 0.2) is 54.7 Å². The minimum Gasteiger partial charge on any atom is -0.398 e. The normalized spacial score (nSPS) is 10.7. The number of nitrogens with one attached hydrogen (secondary N) is 1. The molecule has 0 unspecified atom stereocenters. The first-order valence-electron chi connectivity index (χ1n) is 7.17. The van der Waals surface area contributed by atoms with Crippen LogP contribution in [0.5, 0.6) is 0 Å². The van der Waals surface area contributed by atoms with Crippen molar-refractivity contribution in [2.24, 2.45) is 0 Å². The van der Waals surface area contributed by atoms with Gasteiger partial charge in [-0.15, -0.1) is 0 Å². The topological polar surface area (TPSA) is 50.9 Å². The SMILES string of the molecule is Cc1cnc(NCCc2ccccc2)c2cccc(N)c12. The fraction of sp³-hybridized carbons (Fsp3) is 0.167. The molecule has 1 aromatic heterocycles. The molecule has 0 amide bonds. The van der Waals surface area contributed by atoms with Crippen molar-refractivity contribution in [2.75, 3.05) is 17.6 Å². The Morgan fingerprint density at radius 1 is 1.05 bits per heavy atom. The second-order valence-electron chi connectivity index (χ2n) is 5.22. The Kier molecular flexibility index (Phi) is 3.73. The Labute approximate surface area is 124 Å².